The Morgan fingerprint density at radius 3 is 2.36 bits per heavy atom. The van der Waals surface area contributed by atoms with Crippen LogP contribution in [0.5, 0.6) is 5.75 Å². The molecular formula is C21H25F2NO. The highest BCUT2D eigenvalue weighted by atomic mass is 19.1. The van der Waals surface area contributed by atoms with Crippen LogP contribution in [0.4, 0.5) is 8.78 Å². The molecule has 0 saturated carbocycles. The molecule has 134 valence electrons. The molecule has 1 aliphatic rings. The Morgan fingerprint density at radius 2 is 1.68 bits per heavy atom. The molecule has 0 bridgehead atoms. The minimum Gasteiger partial charge on any atom is -0.496 e. The van der Waals surface area contributed by atoms with Gasteiger partial charge in [0.05, 0.1) is 13.2 Å². The fourth-order valence-electron chi connectivity index (χ4n) is 3.79. The zero-order chi connectivity index (χ0) is 18.0. The van der Waals surface area contributed by atoms with Crippen molar-refractivity contribution >= 4 is 0 Å². The summed E-state index contributed by atoms with van der Waals surface area (Å²) in [6.45, 7) is 5.42. The van der Waals surface area contributed by atoms with Crippen molar-refractivity contribution in [2.24, 2.45) is 5.92 Å². The van der Waals surface area contributed by atoms with Gasteiger partial charge in [-0.25, -0.2) is 8.78 Å². The van der Waals surface area contributed by atoms with Crippen molar-refractivity contribution in [1.29, 1.82) is 0 Å². The van der Waals surface area contributed by atoms with E-state index < -0.39 is 0 Å². The number of halogens is 2. The van der Waals surface area contributed by atoms with E-state index in [4.69, 9.17) is 4.74 Å². The topological polar surface area (TPSA) is 12.5 Å². The summed E-state index contributed by atoms with van der Waals surface area (Å²) < 4.78 is 32.6. The molecule has 3 rings (SSSR count). The molecule has 0 aromatic heterocycles. The average Bonchev–Trinajstić information content (AvgIpc) is 2.60. The van der Waals surface area contributed by atoms with Crippen molar-refractivity contribution in [2.45, 2.75) is 38.8 Å². The van der Waals surface area contributed by atoms with Gasteiger partial charge in [-0.3, -0.25) is 4.90 Å². The molecule has 1 unspecified atom stereocenters. The van der Waals surface area contributed by atoms with Crippen molar-refractivity contribution in [1.82, 2.24) is 4.90 Å². The number of hydrogen-bond donors (Lipinski definition) is 0. The van der Waals surface area contributed by atoms with Crippen molar-refractivity contribution in [3.8, 4) is 5.75 Å². The number of methoxy groups -OCH3 is 1. The second kappa shape index (κ2) is 7.52. The van der Waals surface area contributed by atoms with E-state index in [-0.39, 0.29) is 17.7 Å². The van der Waals surface area contributed by atoms with Gasteiger partial charge in [-0.2, -0.15) is 0 Å². The lowest BCUT2D eigenvalue weighted by Crippen LogP contribution is -2.43. The van der Waals surface area contributed by atoms with E-state index in [2.05, 4.69) is 18.7 Å². The maximum absolute atomic E-state index is 13.7. The van der Waals surface area contributed by atoms with Crippen LogP contribution in [0, 0.1) is 17.6 Å². The van der Waals surface area contributed by atoms with Crippen LogP contribution in [0.15, 0.2) is 42.5 Å². The van der Waals surface area contributed by atoms with Gasteiger partial charge in [-0.15, -0.1) is 0 Å². The first-order valence-corrected chi connectivity index (χ1v) is 8.84. The Labute approximate surface area is 148 Å². The van der Waals surface area contributed by atoms with E-state index in [0.29, 0.717) is 17.7 Å². The Balaban J connectivity index is 2.10. The van der Waals surface area contributed by atoms with E-state index in [1.165, 1.54) is 30.7 Å². The number of benzene rings is 2. The van der Waals surface area contributed by atoms with Crippen molar-refractivity contribution in [3.05, 3.63) is 65.2 Å². The zero-order valence-electron chi connectivity index (χ0n) is 15.0. The lowest BCUT2D eigenvalue weighted by atomic mass is 9.88. The normalized spacial score (nSPS) is 22.6. The molecule has 2 aromatic carbocycles. The molecule has 0 aliphatic carbocycles. The van der Waals surface area contributed by atoms with Crippen LogP contribution in [0.1, 0.15) is 43.9 Å². The third kappa shape index (κ3) is 3.84. The summed E-state index contributed by atoms with van der Waals surface area (Å²) in [7, 11) is 1.56. The quantitative estimate of drug-likeness (QED) is 0.757. The number of likely N-dealkylation sites (tertiary alicyclic amines) is 1. The molecule has 1 saturated heterocycles. The average molecular weight is 345 g/mol. The zero-order valence-corrected chi connectivity index (χ0v) is 15.0. The molecule has 2 nitrogen and oxygen atoms in total. The molecule has 1 heterocycles. The molecule has 1 fully saturated rings. The number of hydrogen-bond acceptors (Lipinski definition) is 2. The fourth-order valence-corrected chi connectivity index (χ4v) is 3.79. The Morgan fingerprint density at radius 1 is 1.00 bits per heavy atom. The summed E-state index contributed by atoms with van der Waals surface area (Å²) in [5.41, 5.74) is 1.91. The summed E-state index contributed by atoms with van der Waals surface area (Å²) in [4.78, 5) is 2.43. The molecule has 0 amide bonds. The predicted octanol–water partition coefficient (Wildman–Crippen LogP) is 5.18. The van der Waals surface area contributed by atoms with Crippen LogP contribution in [-0.2, 0) is 0 Å². The second-order valence-electron chi connectivity index (χ2n) is 7.07. The van der Waals surface area contributed by atoms with Crippen LogP contribution in [0.3, 0.4) is 0 Å². The van der Waals surface area contributed by atoms with Gasteiger partial charge < -0.3 is 4.74 Å². The number of nitrogens with zero attached hydrogens (tertiary/aromatic N) is 1. The Hall–Kier alpha value is -1.94. The van der Waals surface area contributed by atoms with Gasteiger partial charge in [0.2, 0.25) is 0 Å². The van der Waals surface area contributed by atoms with Gasteiger partial charge in [-0.05, 0) is 49.4 Å². The van der Waals surface area contributed by atoms with E-state index in [0.717, 1.165) is 24.1 Å². The molecule has 0 spiro atoms. The molecule has 3 atom stereocenters. The smallest absolute Gasteiger partial charge is 0.126 e. The number of piperidine rings is 1. The third-order valence-electron chi connectivity index (χ3n) is 5.17. The van der Waals surface area contributed by atoms with Crippen LogP contribution in [0.25, 0.3) is 0 Å². The minimum atomic E-state index is -0.321. The van der Waals surface area contributed by atoms with Crippen LogP contribution >= 0.6 is 0 Å². The SMILES string of the molecule is COc1cc(F)ccc1C(c1ccc(F)cc1)N1C[C@H](C)CC[C@H]1C. The highest BCUT2D eigenvalue weighted by Crippen LogP contribution is 2.39. The molecule has 25 heavy (non-hydrogen) atoms. The summed E-state index contributed by atoms with van der Waals surface area (Å²) in [6.07, 6.45) is 2.32. The maximum Gasteiger partial charge on any atom is 0.126 e. The van der Waals surface area contributed by atoms with Gasteiger partial charge in [0, 0.05) is 24.2 Å². The molecular weight excluding hydrogens is 320 g/mol. The molecule has 4 heteroatoms. The largest absolute Gasteiger partial charge is 0.496 e. The van der Waals surface area contributed by atoms with Crippen LogP contribution in [-0.4, -0.2) is 24.6 Å². The molecule has 0 N–H and O–H groups in total. The monoisotopic (exact) mass is 345 g/mol. The van der Waals surface area contributed by atoms with Gasteiger partial charge in [0.15, 0.2) is 0 Å². The van der Waals surface area contributed by atoms with Crippen molar-refractivity contribution in [2.75, 3.05) is 13.7 Å². The van der Waals surface area contributed by atoms with E-state index in [1.807, 2.05) is 12.1 Å². The van der Waals surface area contributed by atoms with Gasteiger partial charge in [0.25, 0.3) is 0 Å². The standard InChI is InChI=1S/C21H25F2NO/c1-14-4-5-15(2)24(13-14)21(16-6-8-17(22)9-7-16)19-11-10-18(23)12-20(19)25-3/h6-12,14-15,21H,4-5,13H2,1-3H3/t14-,15-,21?/m1/s1. The first kappa shape index (κ1) is 17.9. The van der Waals surface area contributed by atoms with Crippen LogP contribution < -0.4 is 4.74 Å². The van der Waals surface area contributed by atoms with E-state index >= 15 is 0 Å². The lowest BCUT2D eigenvalue weighted by Gasteiger charge is -2.42. The highest BCUT2D eigenvalue weighted by molar-refractivity contribution is 5.42. The third-order valence-corrected chi connectivity index (χ3v) is 5.17. The predicted molar refractivity (Wildman–Crippen MR) is 95.8 cm³/mol. The lowest BCUT2D eigenvalue weighted by molar-refractivity contribution is 0.0921. The first-order valence-electron chi connectivity index (χ1n) is 8.84. The van der Waals surface area contributed by atoms with E-state index in [1.54, 1.807) is 13.2 Å². The Kier molecular flexibility index (Phi) is 5.38. The van der Waals surface area contributed by atoms with Crippen molar-refractivity contribution < 1.29 is 13.5 Å². The summed E-state index contributed by atoms with van der Waals surface area (Å²) in [5.74, 6) is 0.539. The first-order chi connectivity index (χ1) is 12.0. The van der Waals surface area contributed by atoms with Crippen molar-refractivity contribution in [3.63, 3.8) is 0 Å². The molecule has 1 aliphatic heterocycles. The van der Waals surface area contributed by atoms with Gasteiger partial charge >= 0.3 is 0 Å². The Bertz CT molecular complexity index is 716. The molecule has 2 aromatic rings. The summed E-state index contributed by atoms with van der Waals surface area (Å²) in [5, 5.41) is 0. The maximum atomic E-state index is 13.7. The summed E-state index contributed by atoms with van der Waals surface area (Å²) in [6, 6.07) is 11.6. The second-order valence-corrected chi connectivity index (χ2v) is 7.07. The summed E-state index contributed by atoms with van der Waals surface area (Å²) >= 11 is 0. The molecule has 0 radical (unpaired) electrons. The number of ether oxygens (including phenoxy) is 1. The van der Waals surface area contributed by atoms with Gasteiger partial charge in [0.1, 0.15) is 17.4 Å². The minimum absolute atomic E-state index is 0.0890. The van der Waals surface area contributed by atoms with E-state index in [9.17, 15) is 8.78 Å². The van der Waals surface area contributed by atoms with Gasteiger partial charge in [-0.1, -0.05) is 25.1 Å². The number of rotatable bonds is 4. The fraction of sp³-hybridized carbons (Fsp3) is 0.429. The highest BCUT2D eigenvalue weighted by Gasteiger charge is 2.32. The van der Waals surface area contributed by atoms with Crippen LogP contribution in [0.2, 0.25) is 0 Å².